The quantitative estimate of drug-likeness (QED) is 0.733. The number of pyridine rings is 1. The molecular formula is C13H12N2O. The summed E-state index contributed by atoms with van der Waals surface area (Å²) in [5.74, 6) is 0.802. The molecule has 0 N–H and O–H groups in total. The Labute approximate surface area is 94.4 Å². The molecule has 3 heteroatoms. The number of rotatable bonds is 3. The van der Waals surface area contributed by atoms with Crippen LogP contribution in [0, 0.1) is 0 Å². The topological polar surface area (TPSA) is 34.5 Å². The van der Waals surface area contributed by atoms with Gasteiger partial charge in [-0.1, -0.05) is 12.1 Å². The van der Waals surface area contributed by atoms with Gasteiger partial charge in [-0.3, -0.25) is 9.98 Å². The Morgan fingerprint density at radius 1 is 1.19 bits per heavy atom. The first-order valence-electron chi connectivity index (χ1n) is 4.97. The van der Waals surface area contributed by atoms with E-state index in [4.69, 9.17) is 4.74 Å². The largest absolute Gasteiger partial charge is 0.497 e. The molecule has 0 amide bonds. The van der Waals surface area contributed by atoms with E-state index in [0.29, 0.717) is 0 Å². The van der Waals surface area contributed by atoms with Crippen LogP contribution in [-0.2, 0) is 0 Å². The molecule has 3 nitrogen and oxygen atoms in total. The van der Waals surface area contributed by atoms with Crippen LogP contribution in [0.25, 0.3) is 0 Å². The summed E-state index contributed by atoms with van der Waals surface area (Å²) >= 11 is 0. The summed E-state index contributed by atoms with van der Waals surface area (Å²) in [6, 6.07) is 13.3. The Morgan fingerprint density at radius 3 is 2.88 bits per heavy atom. The van der Waals surface area contributed by atoms with Gasteiger partial charge in [0.15, 0.2) is 0 Å². The van der Waals surface area contributed by atoms with Crippen LogP contribution in [-0.4, -0.2) is 18.3 Å². The van der Waals surface area contributed by atoms with Gasteiger partial charge < -0.3 is 4.74 Å². The molecule has 0 saturated carbocycles. The number of ether oxygens (including phenoxy) is 1. The van der Waals surface area contributed by atoms with Gasteiger partial charge in [-0.15, -0.1) is 0 Å². The minimum absolute atomic E-state index is 0.802. The Kier molecular flexibility index (Phi) is 3.28. The van der Waals surface area contributed by atoms with Crippen molar-refractivity contribution >= 4 is 11.9 Å². The molecule has 0 radical (unpaired) electrons. The van der Waals surface area contributed by atoms with Crippen molar-refractivity contribution in [3.05, 3.63) is 54.4 Å². The molecule has 1 aromatic heterocycles. The van der Waals surface area contributed by atoms with Crippen molar-refractivity contribution in [3.8, 4) is 5.75 Å². The number of aliphatic imine (C=N–C) groups is 1. The van der Waals surface area contributed by atoms with Crippen LogP contribution < -0.4 is 4.74 Å². The molecule has 0 aliphatic heterocycles. The summed E-state index contributed by atoms with van der Waals surface area (Å²) in [6.45, 7) is 0. The highest BCUT2D eigenvalue weighted by molar-refractivity contribution is 5.79. The van der Waals surface area contributed by atoms with E-state index in [1.165, 1.54) is 0 Å². The van der Waals surface area contributed by atoms with Crippen molar-refractivity contribution in [1.29, 1.82) is 0 Å². The van der Waals surface area contributed by atoms with Crippen molar-refractivity contribution in [1.82, 2.24) is 4.98 Å². The minimum Gasteiger partial charge on any atom is -0.497 e. The van der Waals surface area contributed by atoms with Crippen LogP contribution in [0.2, 0.25) is 0 Å². The lowest BCUT2D eigenvalue weighted by Crippen LogP contribution is -1.84. The van der Waals surface area contributed by atoms with Crippen LogP contribution in [0.15, 0.2) is 53.7 Å². The van der Waals surface area contributed by atoms with Gasteiger partial charge in [0.05, 0.1) is 24.7 Å². The summed E-state index contributed by atoms with van der Waals surface area (Å²) in [5, 5.41) is 0. The number of hydrogen-bond acceptors (Lipinski definition) is 3. The second kappa shape index (κ2) is 5.07. The maximum atomic E-state index is 5.12. The normalized spacial score (nSPS) is 10.6. The van der Waals surface area contributed by atoms with Crippen LogP contribution in [0.1, 0.15) is 5.69 Å². The molecule has 0 spiro atoms. The molecule has 16 heavy (non-hydrogen) atoms. The molecule has 80 valence electrons. The van der Waals surface area contributed by atoms with Crippen molar-refractivity contribution in [2.24, 2.45) is 4.99 Å². The van der Waals surface area contributed by atoms with E-state index in [-0.39, 0.29) is 0 Å². The summed E-state index contributed by atoms with van der Waals surface area (Å²) < 4.78 is 5.12. The first kappa shape index (κ1) is 10.4. The molecular weight excluding hydrogens is 200 g/mol. The number of nitrogens with zero attached hydrogens (tertiary/aromatic N) is 2. The van der Waals surface area contributed by atoms with Gasteiger partial charge in [0.25, 0.3) is 0 Å². The van der Waals surface area contributed by atoms with Gasteiger partial charge in [0.2, 0.25) is 0 Å². The van der Waals surface area contributed by atoms with Crippen LogP contribution >= 0.6 is 0 Å². The van der Waals surface area contributed by atoms with E-state index in [9.17, 15) is 0 Å². The monoisotopic (exact) mass is 212 g/mol. The highest BCUT2D eigenvalue weighted by atomic mass is 16.5. The summed E-state index contributed by atoms with van der Waals surface area (Å²) in [4.78, 5) is 8.47. The average Bonchev–Trinajstić information content (AvgIpc) is 2.38. The van der Waals surface area contributed by atoms with Gasteiger partial charge in [-0.05, 0) is 24.3 Å². The molecule has 0 aliphatic rings. The Balaban J connectivity index is 2.17. The van der Waals surface area contributed by atoms with E-state index >= 15 is 0 Å². The fourth-order valence-corrected chi connectivity index (χ4v) is 1.28. The number of hydrogen-bond donors (Lipinski definition) is 0. The summed E-state index contributed by atoms with van der Waals surface area (Å²) in [6.07, 6.45) is 3.47. The lowest BCUT2D eigenvalue weighted by Gasteiger charge is -1.99. The molecule has 1 heterocycles. The fraction of sp³-hybridized carbons (Fsp3) is 0.0769. The van der Waals surface area contributed by atoms with Crippen LogP contribution in [0.5, 0.6) is 5.75 Å². The predicted octanol–water partition coefficient (Wildman–Crippen LogP) is 2.84. The Morgan fingerprint density at radius 2 is 2.12 bits per heavy atom. The maximum Gasteiger partial charge on any atom is 0.121 e. The van der Waals surface area contributed by atoms with E-state index in [0.717, 1.165) is 17.1 Å². The highest BCUT2D eigenvalue weighted by Crippen LogP contribution is 2.18. The zero-order chi connectivity index (χ0) is 11.2. The van der Waals surface area contributed by atoms with Crippen LogP contribution in [0.3, 0.4) is 0 Å². The SMILES string of the molecule is COc1cccc(N=Cc2ccccn2)c1. The predicted molar refractivity (Wildman–Crippen MR) is 64.5 cm³/mol. The number of aromatic nitrogens is 1. The molecule has 1 aromatic carbocycles. The van der Waals surface area contributed by atoms with E-state index in [1.54, 1.807) is 19.5 Å². The number of benzene rings is 1. The second-order valence-corrected chi connectivity index (χ2v) is 3.21. The van der Waals surface area contributed by atoms with Gasteiger partial charge in [0, 0.05) is 12.3 Å². The van der Waals surface area contributed by atoms with Crippen molar-refractivity contribution in [2.45, 2.75) is 0 Å². The second-order valence-electron chi connectivity index (χ2n) is 3.21. The zero-order valence-corrected chi connectivity index (χ0v) is 9.00. The highest BCUT2D eigenvalue weighted by Gasteiger charge is 1.92. The average molecular weight is 212 g/mol. The van der Waals surface area contributed by atoms with E-state index in [2.05, 4.69) is 9.98 Å². The summed E-state index contributed by atoms with van der Waals surface area (Å²) in [5.41, 5.74) is 1.69. The molecule has 0 atom stereocenters. The van der Waals surface area contributed by atoms with Crippen molar-refractivity contribution in [3.63, 3.8) is 0 Å². The van der Waals surface area contributed by atoms with Crippen molar-refractivity contribution < 1.29 is 4.74 Å². The van der Waals surface area contributed by atoms with Gasteiger partial charge in [-0.2, -0.15) is 0 Å². The molecule has 0 aliphatic carbocycles. The third kappa shape index (κ3) is 2.67. The standard InChI is InChI=1S/C13H12N2O/c1-16-13-7-4-6-11(9-13)15-10-12-5-2-3-8-14-12/h2-10H,1H3. The Hall–Kier alpha value is -2.16. The molecule has 2 aromatic rings. The third-order valence-corrected chi connectivity index (χ3v) is 2.09. The van der Waals surface area contributed by atoms with Gasteiger partial charge in [0.1, 0.15) is 5.75 Å². The first-order valence-corrected chi connectivity index (χ1v) is 4.97. The lowest BCUT2D eigenvalue weighted by molar-refractivity contribution is 0.415. The van der Waals surface area contributed by atoms with Gasteiger partial charge >= 0.3 is 0 Å². The van der Waals surface area contributed by atoms with E-state index < -0.39 is 0 Å². The molecule has 0 bridgehead atoms. The molecule has 0 saturated heterocycles. The molecule has 0 fully saturated rings. The molecule has 2 rings (SSSR count). The fourth-order valence-electron chi connectivity index (χ4n) is 1.28. The van der Waals surface area contributed by atoms with E-state index in [1.807, 2.05) is 42.5 Å². The van der Waals surface area contributed by atoms with Gasteiger partial charge in [-0.25, -0.2) is 0 Å². The minimum atomic E-state index is 0.802. The Bertz CT molecular complexity index is 480. The lowest BCUT2D eigenvalue weighted by atomic mass is 10.3. The number of methoxy groups -OCH3 is 1. The summed E-state index contributed by atoms with van der Waals surface area (Å²) in [7, 11) is 1.64. The van der Waals surface area contributed by atoms with Crippen LogP contribution in [0.4, 0.5) is 5.69 Å². The first-order chi connectivity index (χ1) is 7.88. The van der Waals surface area contributed by atoms with Crippen molar-refractivity contribution in [2.75, 3.05) is 7.11 Å². The smallest absolute Gasteiger partial charge is 0.121 e. The third-order valence-electron chi connectivity index (χ3n) is 2.09. The zero-order valence-electron chi connectivity index (χ0n) is 9.00. The maximum absolute atomic E-state index is 5.12. The molecule has 0 unspecified atom stereocenters.